The molecule has 0 aromatic heterocycles. The first-order valence-corrected chi connectivity index (χ1v) is 8.94. The summed E-state index contributed by atoms with van der Waals surface area (Å²) in [5.41, 5.74) is 3.15. The average molecular weight is 371 g/mol. The van der Waals surface area contributed by atoms with Gasteiger partial charge >= 0.3 is 11.9 Å². The number of aryl methyl sites for hydroxylation is 1. The molecule has 2 rings (SSSR count). The van der Waals surface area contributed by atoms with Gasteiger partial charge in [-0.3, -0.25) is 0 Å². The first-order chi connectivity index (χ1) is 12.5. The maximum Gasteiger partial charge on any atom is 0.354 e. The number of ether oxygens (including phenoxy) is 2. The van der Waals surface area contributed by atoms with Gasteiger partial charge in [-0.15, -0.1) is 11.8 Å². The molecule has 0 aliphatic rings. The number of nitrogens with one attached hydrogen (secondary N) is 1. The van der Waals surface area contributed by atoms with E-state index < -0.39 is 11.9 Å². The number of methoxy groups -OCH3 is 2. The molecule has 0 radical (unpaired) electrons. The minimum Gasteiger partial charge on any atom is -0.466 e. The summed E-state index contributed by atoms with van der Waals surface area (Å²) in [6.07, 6.45) is 1.08. The highest BCUT2D eigenvalue weighted by atomic mass is 32.2. The SMILES string of the molecule is COC(=O)/C=C(/Nc1ccccc1SCc1ccc(C)cc1)C(=O)OC. The predicted molar refractivity (Wildman–Crippen MR) is 103 cm³/mol. The van der Waals surface area contributed by atoms with Crippen LogP contribution in [0, 0.1) is 6.92 Å². The molecule has 0 atom stereocenters. The average Bonchev–Trinajstić information content (AvgIpc) is 2.67. The summed E-state index contributed by atoms with van der Waals surface area (Å²) in [5, 5.41) is 2.97. The van der Waals surface area contributed by atoms with E-state index in [1.807, 2.05) is 24.3 Å². The molecule has 0 saturated carbocycles. The van der Waals surface area contributed by atoms with Crippen molar-refractivity contribution < 1.29 is 19.1 Å². The van der Waals surface area contributed by atoms with E-state index in [0.29, 0.717) is 5.69 Å². The Bertz CT molecular complexity index is 800. The number of rotatable bonds is 7. The standard InChI is InChI=1S/C20H21NO4S/c1-14-8-10-15(11-9-14)13-26-18-7-5-4-6-16(18)21-17(20(23)25-3)12-19(22)24-2/h4-12,21H,13H2,1-3H3/b17-12+. The Hall–Kier alpha value is -2.73. The minimum absolute atomic E-state index is 0.0164. The monoisotopic (exact) mass is 371 g/mol. The van der Waals surface area contributed by atoms with Crippen LogP contribution in [0.5, 0.6) is 0 Å². The number of thioether (sulfide) groups is 1. The third kappa shape index (κ3) is 5.67. The molecule has 5 nitrogen and oxygen atoms in total. The van der Waals surface area contributed by atoms with Gasteiger partial charge in [-0.2, -0.15) is 0 Å². The van der Waals surface area contributed by atoms with Crippen LogP contribution < -0.4 is 5.32 Å². The van der Waals surface area contributed by atoms with Crippen LogP contribution in [-0.4, -0.2) is 26.2 Å². The fraction of sp³-hybridized carbons (Fsp3) is 0.200. The van der Waals surface area contributed by atoms with E-state index in [1.54, 1.807) is 11.8 Å². The molecular formula is C20H21NO4S. The van der Waals surface area contributed by atoms with Crippen LogP contribution in [0.15, 0.2) is 65.2 Å². The van der Waals surface area contributed by atoms with Gasteiger partial charge in [0.15, 0.2) is 0 Å². The molecule has 0 spiro atoms. The second kappa shape index (κ2) is 9.68. The number of hydrogen-bond donors (Lipinski definition) is 1. The van der Waals surface area contributed by atoms with E-state index in [1.165, 1.54) is 25.3 Å². The second-order valence-electron chi connectivity index (χ2n) is 5.47. The summed E-state index contributed by atoms with van der Waals surface area (Å²) >= 11 is 1.63. The number of anilines is 1. The van der Waals surface area contributed by atoms with Crippen molar-refractivity contribution in [2.75, 3.05) is 19.5 Å². The molecule has 26 heavy (non-hydrogen) atoms. The molecule has 0 aliphatic heterocycles. The van der Waals surface area contributed by atoms with Gasteiger partial charge in [0.2, 0.25) is 0 Å². The summed E-state index contributed by atoms with van der Waals surface area (Å²) in [6, 6.07) is 15.9. The quantitative estimate of drug-likeness (QED) is 0.452. The van der Waals surface area contributed by atoms with Crippen molar-refractivity contribution in [2.45, 2.75) is 17.6 Å². The lowest BCUT2D eigenvalue weighted by Gasteiger charge is -2.13. The van der Waals surface area contributed by atoms with Crippen molar-refractivity contribution in [1.29, 1.82) is 0 Å². The third-order valence-corrected chi connectivity index (χ3v) is 4.68. The molecule has 0 heterocycles. The van der Waals surface area contributed by atoms with Gasteiger partial charge in [-0.1, -0.05) is 42.0 Å². The van der Waals surface area contributed by atoms with E-state index >= 15 is 0 Å². The molecule has 136 valence electrons. The Morgan fingerprint density at radius 2 is 1.73 bits per heavy atom. The van der Waals surface area contributed by atoms with Crippen LogP contribution in [0.3, 0.4) is 0 Å². The van der Waals surface area contributed by atoms with Crippen molar-refractivity contribution in [1.82, 2.24) is 0 Å². The van der Waals surface area contributed by atoms with Gasteiger partial charge < -0.3 is 14.8 Å². The molecule has 0 fully saturated rings. The van der Waals surface area contributed by atoms with Crippen LogP contribution in [-0.2, 0) is 24.8 Å². The van der Waals surface area contributed by atoms with Gasteiger partial charge in [0.25, 0.3) is 0 Å². The number of benzene rings is 2. The molecule has 0 unspecified atom stereocenters. The van der Waals surface area contributed by atoms with E-state index in [0.717, 1.165) is 16.7 Å². The molecule has 0 aliphatic carbocycles. The number of carbonyl (C=O) groups is 2. The van der Waals surface area contributed by atoms with E-state index in [-0.39, 0.29) is 5.70 Å². The van der Waals surface area contributed by atoms with Crippen LogP contribution in [0.1, 0.15) is 11.1 Å². The van der Waals surface area contributed by atoms with Crippen LogP contribution in [0.4, 0.5) is 5.69 Å². The zero-order valence-corrected chi connectivity index (χ0v) is 15.8. The summed E-state index contributed by atoms with van der Waals surface area (Å²) < 4.78 is 9.32. The van der Waals surface area contributed by atoms with Crippen molar-refractivity contribution in [3.8, 4) is 0 Å². The molecule has 1 N–H and O–H groups in total. The fourth-order valence-electron chi connectivity index (χ4n) is 2.12. The van der Waals surface area contributed by atoms with Gasteiger partial charge in [-0.05, 0) is 24.6 Å². The number of hydrogen-bond acceptors (Lipinski definition) is 6. The third-order valence-electron chi connectivity index (χ3n) is 3.54. The minimum atomic E-state index is -0.645. The summed E-state index contributed by atoms with van der Waals surface area (Å²) in [4.78, 5) is 24.4. The van der Waals surface area contributed by atoms with E-state index in [9.17, 15) is 9.59 Å². The Kier molecular flexibility index (Phi) is 7.29. The van der Waals surface area contributed by atoms with Crippen molar-refractivity contribution in [3.05, 3.63) is 71.4 Å². The van der Waals surface area contributed by atoms with E-state index in [4.69, 9.17) is 4.74 Å². The zero-order valence-electron chi connectivity index (χ0n) is 14.9. The first-order valence-electron chi connectivity index (χ1n) is 7.96. The first kappa shape index (κ1) is 19.6. The number of esters is 2. The maximum atomic E-state index is 11.9. The zero-order chi connectivity index (χ0) is 18.9. The molecule has 0 amide bonds. The second-order valence-corrected chi connectivity index (χ2v) is 6.49. The summed E-state index contributed by atoms with van der Waals surface area (Å²) in [6.45, 7) is 2.05. The van der Waals surface area contributed by atoms with Crippen molar-refractivity contribution in [2.24, 2.45) is 0 Å². The highest BCUT2D eigenvalue weighted by Crippen LogP contribution is 2.30. The highest BCUT2D eigenvalue weighted by molar-refractivity contribution is 7.98. The maximum absolute atomic E-state index is 11.9. The van der Waals surface area contributed by atoms with Crippen LogP contribution >= 0.6 is 11.8 Å². The fourth-order valence-corrected chi connectivity index (χ4v) is 3.08. The molecule has 0 saturated heterocycles. The van der Waals surface area contributed by atoms with Crippen molar-refractivity contribution >= 4 is 29.4 Å². The lowest BCUT2D eigenvalue weighted by atomic mass is 10.2. The smallest absolute Gasteiger partial charge is 0.354 e. The van der Waals surface area contributed by atoms with E-state index in [2.05, 4.69) is 41.2 Å². The predicted octanol–water partition coefficient (Wildman–Crippen LogP) is 3.93. The Labute approximate surface area is 157 Å². The Morgan fingerprint density at radius 1 is 1.04 bits per heavy atom. The van der Waals surface area contributed by atoms with Crippen molar-refractivity contribution in [3.63, 3.8) is 0 Å². The Morgan fingerprint density at radius 3 is 2.38 bits per heavy atom. The van der Waals surface area contributed by atoms with Gasteiger partial charge in [0.05, 0.1) is 26.0 Å². The van der Waals surface area contributed by atoms with Gasteiger partial charge in [-0.25, -0.2) is 9.59 Å². The lowest BCUT2D eigenvalue weighted by molar-refractivity contribution is -0.138. The topological polar surface area (TPSA) is 64.6 Å². The Balaban J connectivity index is 2.18. The number of para-hydroxylation sites is 1. The lowest BCUT2D eigenvalue weighted by Crippen LogP contribution is -2.15. The number of carbonyl (C=O) groups excluding carboxylic acids is 2. The molecule has 0 bridgehead atoms. The molecule has 6 heteroatoms. The van der Waals surface area contributed by atoms with Gasteiger partial charge in [0, 0.05) is 10.6 Å². The normalized spacial score (nSPS) is 11.0. The molecule has 2 aromatic carbocycles. The van der Waals surface area contributed by atoms with Crippen LogP contribution in [0.2, 0.25) is 0 Å². The van der Waals surface area contributed by atoms with Crippen LogP contribution in [0.25, 0.3) is 0 Å². The summed E-state index contributed by atoms with van der Waals surface area (Å²) in [5.74, 6) is -0.496. The largest absolute Gasteiger partial charge is 0.466 e. The van der Waals surface area contributed by atoms with Gasteiger partial charge in [0.1, 0.15) is 5.70 Å². The highest BCUT2D eigenvalue weighted by Gasteiger charge is 2.14. The molecule has 2 aromatic rings. The molecular weight excluding hydrogens is 350 g/mol. The summed E-state index contributed by atoms with van der Waals surface area (Å²) in [7, 11) is 2.51.